The highest BCUT2D eigenvalue weighted by Crippen LogP contribution is 2.18. The van der Waals surface area contributed by atoms with Crippen molar-refractivity contribution >= 4 is 5.97 Å². The minimum Gasteiger partial charge on any atom is -0.481 e. The topological polar surface area (TPSA) is 69.6 Å². The van der Waals surface area contributed by atoms with Crippen LogP contribution >= 0.6 is 0 Å². The Kier molecular flexibility index (Phi) is 4.90. The molecular weight excluding hydrogens is 182 g/mol. The third-order valence-electron chi connectivity index (χ3n) is 2.83. The second-order valence-electron chi connectivity index (χ2n) is 3.94. The molecule has 3 N–H and O–H groups in total. The Morgan fingerprint density at radius 3 is 2.57 bits per heavy atom. The Hall–Kier alpha value is -0.610. The van der Waals surface area contributed by atoms with Crippen LogP contribution in [0.2, 0.25) is 0 Å². The molecule has 0 aromatic carbocycles. The van der Waals surface area contributed by atoms with Gasteiger partial charge in [0.15, 0.2) is 0 Å². The maximum atomic E-state index is 10.7. The SMILES string of the molecule is O=C(O)C(CCO)CNC1CCCC1. The van der Waals surface area contributed by atoms with E-state index in [0.717, 1.165) is 12.8 Å². The molecule has 1 saturated carbocycles. The number of aliphatic hydroxyl groups excluding tert-OH is 1. The van der Waals surface area contributed by atoms with Gasteiger partial charge >= 0.3 is 5.97 Å². The molecule has 4 heteroatoms. The van der Waals surface area contributed by atoms with Crippen LogP contribution in [0.5, 0.6) is 0 Å². The van der Waals surface area contributed by atoms with Crippen LogP contribution in [0, 0.1) is 5.92 Å². The van der Waals surface area contributed by atoms with Gasteiger partial charge in [-0.05, 0) is 19.3 Å². The van der Waals surface area contributed by atoms with Crippen molar-refractivity contribution in [2.45, 2.75) is 38.1 Å². The molecule has 0 aliphatic heterocycles. The van der Waals surface area contributed by atoms with Crippen molar-refractivity contribution in [1.82, 2.24) is 5.32 Å². The van der Waals surface area contributed by atoms with E-state index in [-0.39, 0.29) is 6.61 Å². The maximum absolute atomic E-state index is 10.7. The van der Waals surface area contributed by atoms with Gasteiger partial charge in [0.05, 0.1) is 5.92 Å². The molecule has 0 aromatic heterocycles. The number of hydrogen-bond acceptors (Lipinski definition) is 3. The summed E-state index contributed by atoms with van der Waals surface area (Å²) < 4.78 is 0. The van der Waals surface area contributed by atoms with E-state index in [2.05, 4.69) is 5.32 Å². The van der Waals surface area contributed by atoms with E-state index in [9.17, 15) is 4.79 Å². The lowest BCUT2D eigenvalue weighted by Gasteiger charge is -2.16. The van der Waals surface area contributed by atoms with Crippen molar-refractivity contribution in [1.29, 1.82) is 0 Å². The second-order valence-corrected chi connectivity index (χ2v) is 3.94. The van der Waals surface area contributed by atoms with Crippen LogP contribution in [-0.2, 0) is 4.79 Å². The molecule has 0 bridgehead atoms. The molecule has 1 unspecified atom stereocenters. The maximum Gasteiger partial charge on any atom is 0.307 e. The van der Waals surface area contributed by atoms with E-state index in [1.807, 2.05) is 0 Å². The molecule has 0 heterocycles. The number of nitrogens with one attached hydrogen (secondary N) is 1. The molecule has 4 nitrogen and oxygen atoms in total. The van der Waals surface area contributed by atoms with Gasteiger partial charge in [-0.3, -0.25) is 4.79 Å². The van der Waals surface area contributed by atoms with Gasteiger partial charge < -0.3 is 15.5 Å². The van der Waals surface area contributed by atoms with Gasteiger partial charge in [0.2, 0.25) is 0 Å². The van der Waals surface area contributed by atoms with Crippen molar-refractivity contribution in [2.24, 2.45) is 5.92 Å². The van der Waals surface area contributed by atoms with E-state index in [4.69, 9.17) is 10.2 Å². The van der Waals surface area contributed by atoms with Crippen LogP contribution in [-0.4, -0.2) is 35.4 Å². The van der Waals surface area contributed by atoms with E-state index in [1.54, 1.807) is 0 Å². The molecule has 0 saturated heterocycles. The number of carbonyl (C=O) groups is 1. The Balaban J connectivity index is 2.21. The van der Waals surface area contributed by atoms with Gasteiger partial charge in [0.1, 0.15) is 0 Å². The van der Waals surface area contributed by atoms with Crippen LogP contribution < -0.4 is 5.32 Å². The lowest BCUT2D eigenvalue weighted by atomic mass is 10.1. The van der Waals surface area contributed by atoms with Gasteiger partial charge in [0, 0.05) is 19.2 Å². The number of aliphatic hydroxyl groups is 1. The lowest BCUT2D eigenvalue weighted by Crippen LogP contribution is -2.34. The fourth-order valence-electron chi connectivity index (χ4n) is 1.91. The van der Waals surface area contributed by atoms with Crippen molar-refractivity contribution in [3.63, 3.8) is 0 Å². The minimum atomic E-state index is -0.815. The summed E-state index contributed by atoms with van der Waals surface area (Å²) >= 11 is 0. The van der Waals surface area contributed by atoms with Crippen molar-refractivity contribution in [3.05, 3.63) is 0 Å². The summed E-state index contributed by atoms with van der Waals surface area (Å²) in [7, 11) is 0. The predicted octanol–water partition coefficient (Wildman–Crippen LogP) is 0.602. The molecule has 0 amide bonds. The molecular formula is C10H19NO3. The van der Waals surface area contributed by atoms with Gasteiger partial charge in [-0.2, -0.15) is 0 Å². The highest BCUT2D eigenvalue weighted by atomic mass is 16.4. The summed E-state index contributed by atoms with van der Waals surface area (Å²) in [6.07, 6.45) is 5.15. The van der Waals surface area contributed by atoms with Crippen LogP contribution in [0.1, 0.15) is 32.1 Å². The smallest absolute Gasteiger partial charge is 0.307 e. The monoisotopic (exact) mass is 201 g/mol. The number of carboxylic acids is 1. The molecule has 14 heavy (non-hydrogen) atoms. The van der Waals surface area contributed by atoms with Crippen molar-refractivity contribution in [2.75, 3.05) is 13.2 Å². The van der Waals surface area contributed by atoms with Crippen molar-refractivity contribution in [3.8, 4) is 0 Å². The molecule has 1 aliphatic carbocycles. The lowest BCUT2D eigenvalue weighted by molar-refractivity contribution is -0.142. The quantitative estimate of drug-likeness (QED) is 0.588. The summed E-state index contributed by atoms with van der Waals surface area (Å²) in [5.74, 6) is -1.26. The fraction of sp³-hybridized carbons (Fsp3) is 0.900. The van der Waals surface area contributed by atoms with Gasteiger partial charge in [-0.15, -0.1) is 0 Å². The van der Waals surface area contributed by atoms with E-state index in [1.165, 1.54) is 12.8 Å². The summed E-state index contributed by atoms with van der Waals surface area (Å²) in [5.41, 5.74) is 0. The fourth-order valence-corrected chi connectivity index (χ4v) is 1.91. The molecule has 1 aliphatic rings. The van der Waals surface area contributed by atoms with Crippen LogP contribution in [0.3, 0.4) is 0 Å². The molecule has 0 spiro atoms. The average molecular weight is 201 g/mol. The zero-order valence-corrected chi connectivity index (χ0v) is 8.41. The van der Waals surface area contributed by atoms with E-state index >= 15 is 0 Å². The average Bonchev–Trinajstić information content (AvgIpc) is 2.64. The zero-order valence-electron chi connectivity index (χ0n) is 8.41. The third kappa shape index (κ3) is 3.64. The standard InChI is InChI=1S/C10H19NO3/c12-6-5-8(10(13)14)7-11-9-3-1-2-4-9/h8-9,11-12H,1-7H2,(H,13,14). The summed E-state index contributed by atoms with van der Waals surface area (Å²) in [6.45, 7) is 0.434. The van der Waals surface area contributed by atoms with Gasteiger partial charge in [0.25, 0.3) is 0 Å². The summed E-state index contributed by atoms with van der Waals surface area (Å²) in [5, 5.41) is 20.8. The highest BCUT2D eigenvalue weighted by Gasteiger charge is 2.20. The first-order chi connectivity index (χ1) is 6.74. The summed E-state index contributed by atoms with van der Waals surface area (Å²) in [6, 6.07) is 0.496. The van der Waals surface area contributed by atoms with E-state index in [0.29, 0.717) is 19.0 Å². The Morgan fingerprint density at radius 1 is 1.43 bits per heavy atom. The largest absolute Gasteiger partial charge is 0.481 e. The molecule has 1 atom stereocenters. The van der Waals surface area contributed by atoms with E-state index < -0.39 is 11.9 Å². The molecule has 1 fully saturated rings. The highest BCUT2D eigenvalue weighted by molar-refractivity contribution is 5.70. The first kappa shape index (κ1) is 11.5. The number of rotatable bonds is 6. The Labute approximate surface area is 84.3 Å². The van der Waals surface area contributed by atoms with Crippen LogP contribution in [0.25, 0.3) is 0 Å². The van der Waals surface area contributed by atoms with Crippen LogP contribution in [0.15, 0.2) is 0 Å². The predicted molar refractivity (Wildman–Crippen MR) is 53.1 cm³/mol. The molecule has 0 aromatic rings. The first-order valence-corrected chi connectivity index (χ1v) is 5.31. The number of aliphatic carboxylic acids is 1. The normalized spacial score (nSPS) is 19.8. The Bertz CT molecular complexity index is 178. The Morgan fingerprint density at radius 2 is 2.07 bits per heavy atom. The zero-order chi connectivity index (χ0) is 10.4. The second kappa shape index (κ2) is 5.98. The van der Waals surface area contributed by atoms with Gasteiger partial charge in [-0.1, -0.05) is 12.8 Å². The van der Waals surface area contributed by atoms with Gasteiger partial charge in [-0.25, -0.2) is 0 Å². The first-order valence-electron chi connectivity index (χ1n) is 5.31. The number of hydrogen-bond donors (Lipinski definition) is 3. The summed E-state index contributed by atoms with van der Waals surface area (Å²) in [4.78, 5) is 10.7. The van der Waals surface area contributed by atoms with Crippen LogP contribution in [0.4, 0.5) is 0 Å². The molecule has 0 radical (unpaired) electrons. The molecule has 82 valence electrons. The third-order valence-corrected chi connectivity index (χ3v) is 2.83. The van der Waals surface area contributed by atoms with Crippen molar-refractivity contribution < 1.29 is 15.0 Å². The minimum absolute atomic E-state index is 0.0523. The number of carboxylic acid groups (broad SMARTS) is 1. The molecule has 1 rings (SSSR count).